The average Bonchev–Trinajstić information content (AvgIpc) is 2.64. The van der Waals surface area contributed by atoms with Crippen LogP contribution in [-0.2, 0) is 0 Å². The fraction of sp³-hybridized carbons (Fsp3) is 0. The van der Waals surface area contributed by atoms with Crippen LogP contribution in [0.4, 0.5) is 5.69 Å². The van der Waals surface area contributed by atoms with E-state index in [1.807, 2.05) is 54.6 Å². The molecule has 0 aliphatic rings. The Morgan fingerprint density at radius 3 is 2.32 bits per heavy atom. The van der Waals surface area contributed by atoms with Crippen molar-refractivity contribution in [2.45, 2.75) is 0 Å². The van der Waals surface area contributed by atoms with E-state index in [0.717, 1.165) is 15.7 Å². The molecule has 0 atom stereocenters. The van der Waals surface area contributed by atoms with Crippen LogP contribution >= 0.6 is 15.9 Å². The number of anilines is 1. The molecule has 0 amide bonds. The highest BCUT2D eigenvalue weighted by atomic mass is 79.9. The quantitative estimate of drug-likeness (QED) is 0.515. The third-order valence-corrected chi connectivity index (χ3v) is 4.67. The van der Waals surface area contributed by atoms with Crippen LogP contribution in [0, 0.1) is 0 Å². The van der Waals surface area contributed by atoms with Crippen molar-refractivity contribution in [2.24, 2.45) is 0 Å². The molecule has 3 aromatic carbocycles. The van der Waals surface area contributed by atoms with Gasteiger partial charge in [0.2, 0.25) is 0 Å². The Labute approximate surface area is 152 Å². The second-order valence-electron chi connectivity index (χ2n) is 5.67. The molecule has 5 heteroatoms. The van der Waals surface area contributed by atoms with Gasteiger partial charge in [0.1, 0.15) is 5.82 Å². The van der Waals surface area contributed by atoms with Crippen LogP contribution in [0.1, 0.15) is 0 Å². The lowest BCUT2D eigenvalue weighted by Crippen LogP contribution is -2.22. The molecular formula is C20H14BrN3O. The number of para-hydroxylation sites is 1. The lowest BCUT2D eigenvalue weighted by molar-refractivity contribution is 0.975. The number of halogens is 1. The van der Waals surface area contributed by atoms with Gasteiger partial charge < -0.3 is 5.73 Å². The molecule has 4 nitrogen and oxygen atoms in total. The summed E-state index contributed by atoms with van der Waals surface area (Å²) in [5, 5.41) is 0.561. The molecule has 4 aromatic rings. The van der Waals surface area contributed by atoms with E-state index in [1.54, 1.807) is 22.8 Å². The van der Waals surface area contributed by atoms with Crippen molar-refractivity contribution >= 4 is 32.5 Å². The van der Waals surface area contributed by atoms with E-state index in [1.165, 1.54) is 0 Å². The van der Waals surface area contributed by atoms with E-state index in [9.17, 15) is 4.79 Å². The number of hydrogen-bond acceptors (Lipinski definition) is 3. The third kappa shape index (κ3) is 2.72. The Balaban J connectivity index is 2.14. The summed E-state index contributed by atoms with van der Waals surface area (Å²) in [7, 11) is 0. The monoisotopic (exact) mass is 391 g/mol. The average molecular weight is 392 g/mol. The van der Waals surface area contributed by atoms with Crippen molar-refractivity contribution in [3.05, 3.63) is 87.6 Å². The van der Waals surface area contributed by atoms with E-state index in [-0.39, 0.29) is 5.56 Å². The van der Waals surface area contributed by atoms with Crippen molar-refractivity contribution in [2.75, 3.05) is 5.73 Å². The number of benzene rings is 3. The lowest BCUT2D eigenvalue weighted by atomic mass is 10.1. The lowest BCUT2D eigenvalue weighted by Gasteiger charge is -2.14. The normalized spacial score (nSPS) is 10.9. The van der Waals surface area contributed by atoms with Crippen molar-refractivity contribution in [1.82, 2.24) is 9.55 Å². The maximum Gasteiger partial charge on any atom is 0.266 e. The minimum atomic E-state index is -0.116. The molecule has 0 aliphatic carbocycles. The second-order valence-corrected chi connectivity index (χ2v) is 6.52. The summed E-state index contributed by atoms with van der Waals surface area (Å²) < 4.78 is 2.42. The van der Waals surface area contributed by atoms with Crippen LogP contribution < -0.4 is 11.3 Å². The highest BCUT2D eigenvalue weighted by molar-refractivity contribution is 9.10. The summed E-state index contributed by atoms with van der Waals surface area (Å²) in [5.41, 5.74) is 8.57. The van der Waals surface area contributed by atoms with Crippen molar-refractivity contribution < 1.29 is 0 Å². The zero-order chi connectivity index (χ0) is 17.4. The molecule has 0 aliphatic heterocycles. The first kappa shape index (κ1) is 15.6. The maximum absolute atomic E-state index is 13.2. The van der Waals surface area contributed by atoms with Gasteiger partial charge in [-0.1, -0.05) is 36.4 Å². The third-order valence-electron chi connectivity index (χ3n) is 4.03. The van der Waals surface area contributed by atoms with Gasteiger partial charge in [-0.25, -0.2) is 4.98 Å². The van der Waals surface area contributed by atoms with Crippen molar-refractivity contribution in [3.63, 3.8) is 0 Å². The van der Waals surface area contributed by atoms with Gasteiger partial charge in [-0.05, 0) is 52.3 Å². The zero-order valence-corrected chi connectivity index (χ0v) is 14.8. The Bertz CT molecular complexity index is 1120. The van der Waals surface area contributed by atoms with E-state index in [0.29, 0.717) is 22.4 Å². The molecular weight excluding hydrogens is 378 g/mol. The van der Waals surface area contributed by atoms with Crippen molar-refractivity contribution in [3.8, 4) is 17.1 Å². The Kier molecular flexibility index (Phi) is 3.86. The number of fused-ring (bicyclic) bond motifs is 1. The fourth-order valence-corrected chi connectivity index (χ4v) is 3.27. The van der Waals surface area contributed by atoms with Gasteiger partial charge in [0.15, 0.2) is 0 Å². The van der Waals surface area contributed by atoms with Gasteiger partial charge >= 0.3 is 0 Å². The van der Waals surface area contributed by atoms with E-state index < -0.39 is 0 Å². The predicted octanol–water partition coefficient (Wildman–Crippen LogP) is 4.40. The van der Waals surface area contributed by atoms with Crippen LogP contribution in [0.25, 0.3) is 28.0 Å². The fourth-order valence-electron chi connectivity index (χ4n) is 2.82. The van der Waals surface area contributed by atoms with Gasteiger partial charge in [0.05, 0.1) is 16.6 Å². The van der Waals surface area contributed by atoms with E-state index in [4.69, 9.17) is 10.7 Å². The molecule has 0 radical (unpaired) electrons. The standard InChI is InChI=1S/C20H14BrN3O/c21-17-8-4-7-16-18(17)23-19(13-5-2-1-3-6-13)24(20(16)25)15-11-9-14(22)10-12-15/h1-12H,22H2. The highest BCUT2D eigenvalue weighted by Crippen LogP contribution is 2.26. The molecule has 0 fully saturated rings. The van der Waals surface area contributed by atoms with Gasteiger partial charge in [-0.3, -0.25) is 9.36 Å². The molecule has 0 saturated heterocycles. The summed E-state index contributed by atoms with van der Waals surface area (Å²) in [6.45, 7) is 0. The maximum atomic E-state index is 13.2. The predicted molar refractivity (Wildman–Crippen MR) is 105 cm³/mol. The SMILES string of the molecule is Nc1ccc(-n2c(-c3ccccc3)nc3c(Br)cccc3c2=O)cc1. The van der Waals surface area contributed by atoms with Crippen LogP contribution in [0.15, 0.2) is 82.1 Å². The first-order valence-electron chi connectivity index (χ1n) is 7.78. The molecule has 25 heavy (non-hydrogen) atoms. The number of nitrogen functional groups attached to an aromatic ring is 1. The van der Waals surface area contributed by atoms with Crippen LogP contribution in [0.2, 0.25) is 0 Å². The Hall–Kier alpha value is -2.92. The molecule has 122 valence electrons. The van der Waals surface area contributed by atoms with Crippen LogP contribution in [-0.4, -0.2) is 9.55 Å². The van der Waals surface area contributed by atoms with Crippen LogP contribution in [0.5, 0.6) is 0 Å². The number of aromatic nitrogens is 2. The number of hydrogen-bond donors (Lipinski definition) is 1. The molecule has 1 aromatic heterocycles. The van der Waals surface area contributed by atoms with E-state index >= 15 is 0 Å². The minimum absolute atomic E-state index is 0.116. The van der Waals surface area contributed by atoms with Crippen molar-refractivity contribution in [1.29, 1.82) is 0 Å². The van der Waals surface area contributed by atoms with Crippen LogP contribution in [0.3, 0.4) is 0 Å². The van der Waals surface area contributed by atoms with E-state index in [2.05, 4.69) is 15.9 Å². The number of rotatable bonds is 2. The first-order valence-corrected chi connectivity index (χ1v) is 8.57. The molecule has 0 unspecified atom stereocenters. The summed E-state index contributed by atoms with van der Waals surface area (Å²) in [4.78, 5) is 18.0. The molecule has 2 N–H and O–H groups in total. The first-order chi connectivity index (χ1) is 12.1. The number of nitrogens with two attached hydrogens (primary N) is 1. The van der Waals surface area contributed by atoms with Gasteiger partial charge in [0, 0.05) is 15.7 Å². The Morgan fingerprint density at radius 1 is 0.880 bits per heavy atom. The zero-order valence-electron chi connectivity index (χ0n) is 13.2. The summed E-state index contributed by atoms with van der Waals surface area (Å²) >= 11 is 3.50. The molecule has 0 saturated carbocycles. The smallest absolute Gasteiger partial charge is 0.266 e. The summed E-state index contributed by atoms with van der Waals surface area (Å²) in [6.07, 6.45) is 0. The summed E-state index contributed by atoms with van der Waals surface area (Å²) in [6, 6.07) is 22.4. The number of nitrogens with zero attached hydrogens (tertiary/aromatic N) is 2. The largest absolute Gasteiger partial charge is 0.399 e. The summed E-state index contributed by atoms with van der Waals surface area (Å²) in [5.74, 6) is 0.592. The molecule has 1 heterocycles. The second kappa shape index (κ2) is 6.18. The highest BCUT2D eigenvalue weighted by Gasteiger charge is 2.15. The Morgan fingerprint density at radius 2 is 1.60 bits per heavy atom. The molecule has 0 bridgehead atoms. The molecule has 0 spiro atoms. The topological polar surface area (TPSA) is 60.9 Å². The van der Waals surface area contributed by atoms with Gasteiger partial charge in [-0.15, -0.1) is 0 Å². The minimum Gasteiger partial charge on any atom is -0.399 e. The van der Waals surface area contributed by atoms with Gasteiger partial charge in [0.25, 0.3) is 5.56 Å². The van der Waals surface area contributed by atoms with Gasteiger partial charge in [-0.2, -0.15) is 0 Å². The molecule has 4 rings (SSSR count).